The molecule has 37 heavy (non-hydrogen) atoms. The number of rotatable bonds is 2. The fraction of sp³-hybridized carbons (Fsp3) is 0.867. The molecule has 0 radical (unpaired) electrons. The summed E-state index contributed by atoms with van der Waals surface area (Å²) in [5.41, 5.74) is -2.76. The van der Waals surface area contributed by atoms with Gasteiger partial charge in [-0.1, -0.05) is 46.3 Å². The molecule has 0 spiro atoms. The van der Waals surface area contributed by atoms with E-state index in [1.54, 1.807) is 13.8 Å². The van der Waals surface area contributed by atoms with Gasteiger partial charge in [0.25, 0.3) is 0 Å². The van der Waals surface area contributed by atoms with E-state index in [4.69, 9.17) is 0 Å². The normalized spacial score (nSPS) is 52.0. The van der Waals surface area contributed by atoms with Crippen LogP contribution in [-0.2, 0) is 9.59 Å². The van der Waals surface area contributed by atoms with Gasteiger partial charge in [-0.05, 0) is 98.7 Å². The smallest absolute Gasteiger partial charge is 0.310 e. The van der Waals surface area contributed by atoms with Crippen molar-refractivity contribution >= 4 is 11.9 Å². The zero-order valence-electron chi connectivity index (χ0n) is 23.3. The van der Waals surface area contributed by atoms with Crippen LogP contribution in [0.15, 0.2) is 11.6 Å². The van der Waals surface area contributed by atoms with Crippen LogP contribution < -0.4 is 0 Å². The first kappa shape index (κ1) is 27.1. The molecule has 9 atom stereocenters. The maximum absolute atomic E-state index is 12.8. The van der Waals surface area contributed by atoms with E-state index in [1.165, 1.54) is 5.57 Å². The first-order valence-electron chi connectivity index (χ1n) is 14.1. The summed E-state index contributed by atoms with van der Waals surface area (Å²) in [5.74, 6) is -4.98. The number of fused-ring (bicyclic) bond motifs is 7. The number of hydrogen-bond acceptors (Lipinski definition) is 5. The minimum atomic E-state index is -2.42. The van der Waals surface area contributed by atoms with E-state index in [2.05, 4.69) is 33.8 Å². The highest BCUT2D eigenvalue weighted by molar-refractivity contribution is 5.77. The molecule has 0 saturated heterocycles. The number of aliphatic carboxylic acids is 2. The molecule has 208 valence electrons. The first-order valence-corrected chi connectivity index (χ1v) is 14.1. The van der Waals surface area contributed by atoms with Gasteiger partial charge in [0.1, 0.15) is 6.10 Å². The summed E-state index contributed by atoms with van der Waals surface area (Å²) in [6, 6.07) is 0. The Kier molecular flexibility index (Phi) is 5.58. The van der Waals surface area contributed by atoms with Crippen LogP contribution in [0.25, 0.3) is 0 Å². The summed E-state index contributed by atoms with van der Waals surface area (Å²) in [5, 5.41) is 54.8. The van der Waals surface area contributed by atoms with Gasteiger partial charge in [-0.15, -0.1) is 0 Å². The SMILES string of the molecule is CC1(C)CC[C@]2(C(=O)O)CC[C@]3(C)C(=CC[C@@H]4[C@]5(C)[C@@H](CC[C@]43C)[C@](C)(C(=O)O)CC(O)C5(O)O)[C@@H]2C1. The van der Waals surface area contributed by atoms with Crippen molar-refractivity contribution in [2.45, 2.75) is 111 Å². The third-order valence-electron chi connectivity index (χ3n) is 13.3. The first-order chi connectivity index (χ1) is 16.8. The lowest BCUT2D eigenvalue weighted by Gasteiger charge is -2.72. The van der Waals surface area contributed by atoms with Crippen molar-refractivity contribution in [2.24, 2.45) is 50.2 Å². The summed E-state index contributed by atoms with van der Waals surface area (Å²) in [6.07, 6.45) is 5.88. The van der Waals surface area contributed by atoms with E-state index in [0.29, 0.717) is 32.1 Å². The molecule has 5 aliphatic carbocycles. The molecule has 1 unspecified atom stereocenters. The van der Waals surface area contributed by atoms with Crippen molar-refractivity contribution in [3.63, 3.8) is 0 Å². The second-order valence-corrected chi connectivity index (χ2v) is 15.1. The molecule has 7 heteroatoms. The third-order valence-corrected chi connectivity index (χ3v) is 13.3. The molecular formula is C30H46O7. The Bertz CT molecular complexity index is 1060. The van der Waals surface area contributed by atoms with Gasteiger partial charge in [-0.3, -0.25) is 9.59 Å². The number of carbonyl (C=O) groups is 2. The van der Waals surface area contributed by atoms with E-state index in [0.717, 1.165) is 19.3 Å². The van der Waals surface area contributed by atoms with Crippen molar-refractivity contribution < 1.29 is 35.1 Å². The molecule has 4 saturated carbocycles. The highest BCUT2D eigenvalue weighted by Crippen LogP contribution is 2.76. The van der Waals surface area contributed by atoms with Crippen LogP contribution in [0.4, 0.5) is 0 Å². The van der Waals surface area contributed by atoms with Gasteiger partial charge in [-0.25, -0.2) is 0 Å². The molecule has 0 heterocycles. The van der Waals surface area contributed by atoms with E-state index in [1.807, 2.05) is 0 Å². The Morgan fingerprint density at radius 3 is 2.05 bits per heavy atom. The molecule has 0 aromatic rings. The Hall–Kier alpha value is -1.44. The van der Waals surface area contributed by atoms with Crippen molar-refractivity contribution in [1.82, 2.24) is 0 Å². The summed E-state index contributed by atoms with van der Waals surface area (Å²) >= 11 is 0. The molecule has 0 bridgehead atoms. The van der Waals surface area contributed by atoms with Crippen molar-refractivity contribution in [2.75, 3.05) is 0 Å². The Morgan fingerprint density at radius 2 is 1.46 bits per heavy atom. The van der Waals surface area contributed by atoms with Gasteiger partial charge < -0.3 is 25.5 Å². The van der Waals surface area contributed by atoms with Crippen LogP contribution in [-0.4, -0.2) is 49.4 Å². The largest absolute Gasteiger partial charge is 0.481 e. The van der Waals surface area contributed by atoms with Crippen molar-refractivity contribution in [3.05, 3.63) is 11.6 Å². The zero-order chi connectivity index (χ0) is 27.6. The number of allylic oxidation sites excluding steroid dienone is 2. The van der Waals surface area contributed by atoms with Crippen LogP contribution in [0.1, 0.15) is 99.3 Å². The van der Waals surface area contributed by atoms with Crippen LogP contribution in [0.2, 0.25) is 0 Å². The second kappa shape index (κ2) is 7.60. The molecule has 7 nitrogen and oxygen atoms in total. The summed E-state index contributed by atoms with van der Waals surface area (Å²) < 4.78 is 0. The molecule has 5 rings (SSSR count). The van der Waals surface area contributed by atoms with Gasteiger partial charge in [0.15, 0.2) is 5.79 Å². The molecule has 0 aromatic carbocycles. The molecule has 5 aliphatic rings. The lowest BCUT2D eigenvalue weighted by atomic mass is 9.32. The van der Waals surface area contributed by atoms with E-state index >= 15 is 0 Å². The number of aliphatic hydroxyl groups excluding tert-OH is 1. The van der Waals surface area contributed by atoms with Crippen molar-refractivity contribution in [3.8, 4) is 0 Å². The Balaban J connectivity index is 1.67. The molecule has 0 aromatic heterocycles. The highest BCUT2D eigenvalue weighted by Gasteiger charge is 2.76. The van der Waals surface area contributed by atoms with Gasteiger partial charge >= 0.3 is 11.9 Å². The predicted octanol–water partition coefficient (Wildman–Crippen LogP) is 4.59. The molecule has 4 fully saturated rings. The predicted molar refractivity (Wildman–Crippen MR) is 137 cm³/mol. The summed E-state index contributed by atoms with van der Waals surface area (Å²) in [6.45, 7) is 12.4. The molecular weight excluding hydrogens is 472 g/mol. The minimum Gasteiger partial charge on any atom is -0.481 e. The van der Waals surface area contributed by atoms with Gasteiger partial charge in [0, 0.05) is 5.41 Å². The van der Waals surface area contributed by atoms with Crippen LogP contribution >= 0.6 is 0 Å². The summed E-state index contributed by atoms with van der Waals surface area (Å²) in [7, 11) is 0. The number of hydrogen-bond donors (Lipinski definition) is 5. The zero-order valence-corrected chi connectivity index (χ0v) is 23.3. The maximum atomic E-state index is 12.8. The van der Waals surface area contributed by atoms with E-state index in [-0.39, 0.29) is 29.1 Å². The van der Waals surface area contributed by atoms with Gasteiger partial charge in [0.2, 0.25) is 0 Å². The van der Waals surface area contributed by atoms with Gasteiger partial charge in [-0.2, -0.15) is 0 Å². The van der Waals surface area contributed by atoms with E-state index in [9.17, 15) is 35.1 Å². The second-order valence-electron chi connectivity index (χ2n) is 15.1. The topological polar surface area (TPSA) is 135 Å². The molecule has 0 amide bonds. The molecule has 5 N–H and O–H groups in total. The van der Waals surface area contributed by atoms with Crippen LogP contribution in [0.3, 0.4) is 0 Å². The quantitative estimate of drug-likeness (QED) is 0.266. The number of aliphatic hydroxyl groups is 3. The van der Waals surface area contributed by atoms with Gasteiger partial charge in [0.05, 0.1) is 10.8 Å². The average Bonchev–Trinajstić information content (AvgIpc) is 2.78. The maximum Gasteiger partial charge on any atom is 0.310 e. The lowest BCUT2D eigenvalue weighted by Crippen LogP contribution is -2.74. The monoisotopic (exact) mass is 518 g/mol. The average molecular weight is 519 g/mol. The number of carboxylic acid groups (broad SMARTS) is 2. The fourth-order valence-electron chi connectivity index (χ4n) is 10.6. The minimum absolute atomic E-state index is 0.0478. The summed E-state index contributed by atoms with van der Waals surface area (Å²) in [4.78, 5) is 25.3. The van der Waals surface area contributed by atoms with Crippen molar-refractivity contribution in [1.29, 1.82) is 0 Å². The third kappa shape index (κ3) is 3.05. The fourth-order valence-corrected chi connectivity index (χ4v) is 10.6. The molecule has 0 aliphatic heterocycles. The highest BCUT2D eigenvalue weighted by atomic mass is 16.5. The Labute approximate surface area is 220 Å². The lowest BCUT2D eigenvalue weighted by molar-refractivity contribution is -0.372. The van der Waals surface area contributed by atoms with Crippen LogP contribution in [0.5, 0.6) is 0 Å². The Morgan fingerprint density at radius 1 is 0.838 bits per heavy atom. The number of carboxylic acids is 2. The van der Waals surface area contributed by atoms with E-state index < -0.39 is 51.4 Å². The standard InChI is InChI=1S/C30H46O7/c1-24(2)11-13-29(23(34)35)14-12-26(4)17(18(29)15-24)7-8-20-27(26,5)10-9-19-25(3,22(32)33)16-21(31)30(36,37)28(19,20)6/h7,18-21,31,36-37H,8-16H2,1-6H3,(H,32,33)(H,34,35)/t18-,19-,20-,21?,25+,26+,27+,28-,29-/m0/s1. The van der Waals surface area contributed by atoms with Crippen LogP contribution in [0, 0.1) is 50.2 Å².